The number of likely N-dealkylation sites (tertiary alicyclic amines) is 3. The van der Waals surface area contributed by atoms with Crippen LogP contribution in [-0.2, 0) is 18.9 Å². The number of hydrogen-bond donors (Lipinski definition) is 0. The standard InChI is InChI=1S/C13H26N2O.3C12H24N2O.C9H20N2.C8H18N2/c1-12(2)15-5-3-13(4-6-15)11-14-7-9-16-10-8-14;1-11(2)13-5-7-14(8-6-13)12-3-9-15-10-4-12;1-10(2)14-6-4-11(5-7-14)13(3)12-8-15-9-12;1-11(2)13-5-3-12(4-6-13)14-7-9-15-10-8-14;1-4-10-5-7-11(8-6-10)9(2)3;1-8(2)10-6-4-9(3)5-7-10/h12-13H,3-11H2,1-2H3;11-12H,3-10H2,1-2H3;10-12H,4-9H2,1-3H3;11-12H,3-10H2,1-2H3;9H,4-8H2,1-3H3;8H,4-7H2,1-3H3. The van der Waals surface area contributed by atoms with E-state index in [1.54, 1.807) is 0 Å². The predicted molar refractivity (Wildman–Crippen MR) is 346 cm³/mol. The summed E-state index contributed by atoms with van der Waals surface area (Å²) in [4.78, 5) is 30.8. The molecule has 16 heteroatoms. The van der Waals surface area contributed by atoms with E-state index in [1.807, 2.05) is 0 Å². The highest BCUT2D eigenvalue weighted by atomic mass is 16.5. The van der Waals surface area contributed by atoms with Gasteiger partial charge in [0.1, 0.15) is 0 Å². The van der Waals surface area contributed by atoms with Gasteiger partial charge in [-0.15, -0.1) is 0 Å². The molecule has 0 aromatic carbocycles. The summed E-state index contributed by atoms with van der Waals surface area (Å²) in [7, 11) is 4.46. The lowest BCUT2D eigenvalue weighted by molar-refractivity contribution is -0.0769. The highest BCUT2D eigenvalue weighted by Gasteiger charge is 2.32. The summed E-state index contributed by atoms with van der Waals surface area (Å²) in [6.45, 7) is 67.1. The van der Waals surface area contributed by atoms with Crippen LogP contribution in [0.15, 0.2) is 0 Å². The maximum absolute atomic E-state index is 5.41. The molecule has 82 heavy (non-hydrogen) atoms. The molecule has 0 aliphatic carbocycles. The predicted octanol–water partition coefficient (Wildman–Crippen LogP) is 6.69. The molecule has 0 saturated carbocycles. The largest absolute Gasteiger partial charge is 0.381 e. The Hall–Kier alpha value is -0.640. The van der Waals surface area contributed by atoms with Crippen LogP contribution >= 0.6 is 0 Å². The van der Waals surface area contributed by atoms with Gasteiger partial charge in [-0.1, -0.05) is 6.92 Å². The first-order valence-corrected chi connectivity index (χ1v) is 34.5. The number of nitrogens with zero attached hydrogens (tertiary/aromatic N) is 12. The lowest BCUT2D eigenvalue weighted by Crippen LogP contribution is -2.54. The molecule has 10 aliphatic rings. The minimum atomic E-state index is 0.695. The number of piperidine rings is 3. The number of hydrogen-bond acceptors (Lipinski definition) is 16. The summed E-state index contributed by atoms with van der Waals surface area (Å²) in [5.74, 6) is 0.924. The Morgan fingerprint density at radius 2 is 0.695 bits per heavy atom. The van der Waals surface area contributed by atoms with Gasteiger partial charge in [-0.25, -0.2) is 0 Å². The van der Waals surface area contributed by atoms with Crippen LogP contribution in [0.25, 0.3) is 0 Å². The fourth-order valence-electron chi connectivity index (χ4n) is 13.7. The van der Waals surface area contributed by atoms with Gasteiger partial charge in [0.2, 0.25) is 0 Å². The Bertz CT molecular complexity index is 1450. The highest BCUT2D eigenvalue weighted by Crippen LogP contribution is 2.24. The first-order valence-electron chi connectivity index (χ1n) is 34.5. The fourth-order valence-corrected chi connectivity index (χ4v) is 13.7. The van der Waals surface area contributed by atoms with Crippen molar-refractivity contribution in [3.63, 3.8) is 0 Å². The van der Waals surface area contributed by atoms with Gasteiger partial charge >= 0.3 is 0 Å². The van der Waals surface area contributed by atoms with Gasteiger partial charge in [-0.3, -0.25) is 34.3 Å². The van der Waals surface area contributed by atoms with E-state index in [9.17, 15) is 0 Å². The van der Waals surface area contributed by atoms with Crippen LogP contribution in [0, 0.1) is 5.92 Å². The van der Waals surface area contributed by atoms with Crippen LogP contribution in [0.3, 0.4) is 0 Å². The van der Waals surface area contributed by atoms with Crippen LogP contribution in [-0.4, -0.2) is 343 Å². The minimum Gasteiger partial charge on any atom is -0.381 e. The van der Waals surface area contributed by atoms with Gasteiger partial charge in [0.05, 0.1) is 45.7 Å². The van der Waals surface area contributed by atoms with Crippen LogP contribution in [0.1, 0.15) is 141 Å². The van der Waals surface area contributed by atoms with E-state index in [0.29, 0.717) is 18.1 Å². The molecule has 0 N–H and O–H groups in total. The molecule has 10 rings (SSSR count). The normalized spacial score (nSPS) is 26.0. The van der Waals surface area contributed by atoms with Crippen molar-refractivity contribution in [3.8, 4) is 0 Å². The third-order valence-corrected chi connectivity index (χ3v) is 20.4. The van der Waals surface area contributed by atoms with Crippen LogP contribution in [0.5, 0.6) is 0 Å². The quantitative estimate of drug-likeness (QED) is 0.197. The molecule has 0 aromatic rings. The van der Waals surface area contributed by atoms with E-state index < -0.39 is 0 Å². The van der Waals surface area contributed by atoms with Crippen LogP contribution < -0.4 is 0 Å². The fraction of sp³-hybridized carbons (Fsp3) is 1.00. The molecular formula is C66H136N12O4. The second-order valence-electron chi connectivity index (χ2n) is 27.7. The maximum Gasteiger partial charge on any atom is 0.0645 e. The highest BCUT2D eigenvalue weighted by molar-refractivity contribution is 4.87. The molecule has 0 amide bonds. The lowest BCUT2D eigenvalue weighted by Gasteiger charge is -2.44. The van der Waals surface area contributed by atoms with E-state index >= 15 is 0 Å². The van der Waals surface area contributed by atoms with E-state index in [0.717, 1.165) is 127 Å². The van der Waals surface area contributed by atoms with E-state index in [-0.39, 0.29) is 0 Å². The van der Waals surface area contributed by atoms with Crippen molar-refractivity contribution >= 4 is 0 Å². The maximum atomic E-state index is 5.41. The van der Waals surface area contributed by atoms with Crippen molar-refractivity contribution in [1.82, 2.24) is 58.8 Å². The molecule has 0 aromatic heterocycles. The third kappa shape index (κ3) is 26.6. The van der Waals surface area contributed by atoms with Crippen molar-refractivity contribution in [3.05, 3.63) is 0 Å². The Balaban J connectivity index is 0.000000182. The number of rotatable bonds is 13. The molecule has 0 radical (unpaired) electrons. The molecule has 484 valence electrons. The second kappa shape index (κ2) is 40.1. The molecule has 16 nitrogen and oxygen atoms in total. The van der Waals surface area contributed by atoms with Gasteiger partial charge in [-0.2, -0.15) is 0 Å². The second-order valence-corrected chi connectivity index (χ2v) is 27.7. The summed E-state index contributed by atoms with van der Waals surface area (Å²) in [5.41, 5.74) is 0. The van der Waals surface area contributed by atoms with Gasteiger partial charge < -0.3 is 43.4 Å². The molecule has 0 atom stereocenters. The molecule has 0 unspecified atom stereocenters. The van der Waals surface area contributed by atoms with Crippen molar-refractivity contribution in [1.29, 1.82) is 0 Å². The summed E-state index contributed by atoms with van der Waals surface area (Å²) < 4.78 is 21.5. The Labute approximate surface area is 507 Å². The average molecular weight is 1160 g/mol. The van der Waals surface area contributed by atoms with Gasteiger partial charge in [0, 0.05) is 179 Å². The molecule has 0 bridgehead atoms. The summed E-state index contributed by atoms with van der Waals surface area (Å²) in [6, 6.07) is 7.43. The first-order chi connectivity index (χ1) is 39.4. The zero-order valence-corrected chi connectivity index (χ0v) is 56.6. The molecule has 0 spiro atoms. The Morgan fingerprint density at radius 3 is 1.11 bits per heavy atom. The van der Waals surface area contributed by atoms with Gasteiger partial charge in [0.25, 0.3) is 0 Å². The third-order valence-electron chi connectivity index (χ3n) is 20.4. The monoisotopic (exact) mass is 1160 g/mol. The lowest BCUT2D eigenvalue weighted by atomic mass is 9.95. The van der Waals surface area contributed by atoms with Crippen LogP contribution in [0.4, 0.5) is 0 Å². The molecule has 10 saturated heterocycles. The first kappa shape index (κ1) is 72.1. The minimum absolute atomic E-state index is 0.695. The number of likely N-dealkylation sites (N-methyl/N-ethyl adjacent to an activating group) is 3. The topological polar surface area (TPSA) is 75.8 Å². The van der Waals surface area contributed by atoms with Crippen molar-refractivity contribution < 1.29 is 18.9 Å². The number of piperazine rings is 3. The summed E-state index contributed by atoms with van der Waals surface area (Å²) in [5, 5.41) is 0. The van der Waals surface area contributed by atoms with Gasteiger partial charge in [-0.05, 0) is 200 Å². The van der Waals surface area contributed by atoms with E-state index in [2.05, 4.69) is 163 Å². The SMILES string of the molecule is CC(C)N1CCC(CN2CCOCC2)CC1.CC(C)N1CCC(N(C)C2COC2)CC1.CC(C)N1CCC(N2CCOCC2)CC1.CC(C)N1CCN(C)CC1.CC(C)N1CCN(C2CCOCC2)CC1.CCN1CCN(C(C)C)CC1. The Kier molecular flexibility index (Phi) is 35.3. The average Bonchev–Trinajstić information content (AvgIpc) is 3.49. The Morgan fingerprint density at radius 1 is 0.341 bits per heavy atom. The van der Waals surface area contributed by atoms with E-state index in [1.165, 1.54) is 182 Å². The van der Waals surface area contributed by atoms with E-state index in [4.69, 9.17) is 18.9 Å². The molecule has 10 aliphatic heterocycles. The van der Waals surface area contributed by atoms with Crippen molar-refractivity contribution in [2.24, 2.45) is 5.92 Å². The smallest absolute Gasteiger partial charge is 0.0645 e. The zero-order chi connectivity index (χ0) is 59.4. The van der Waals surface area contributed by atoms with Crippen molar-refractivity contribution in [2.75, 3.05) is 224 Å². The molecule has 10 heterocycles. The number of morpholine rings is 2. The molecule has 10 fully saturated rings. The summed E-state index contributed by atoms with van der Waals surface area (Å²) >= 11 is 0. The van der Waals surface area contributed by atoms with Crippen molar-refractivity contribution in [2.45, 2.75) is 202 Å². The zero-order valence-electron chi connectivity index (χ0n) is 56.6. The number of ether oxygens (including phenoxy) is 4. The van der Waals surface area contributed by atoms with Crippen LogP contribution in [0.2, 0.25) is 0 Å². The molecular weight excluding hydrogens is 1020 g/mol. The summed E-state index contributed by atoms with van der Waals surface area (Å²) in [6.07, 6.45) is 10.6. The van der Waals surface area contributed by atoms with Gasteiger partial charge in [0.15, 0.2) is 0 Å².